The molecule has 280 valence electrons. The first kappa shape index (κ1) is 39.1. The Bertz CT molecular complexity index is 1800. The highest BCUT2D eigenvalue weighted by Crippen LogP contribution is 2.55. The lowest BCUT2D eigenvalue weighted by atomic mass is 9.62. The number of fused-ring (bicyclic) bond motifs is 1. The van der Waals surface area contributed by atoms with Crippen molar-refractivity contribution in [1.29, 1.82) is 0 Å². The van der Waals surface area contributed by atoms with Crippen LogP contribution in [-0.2, 0) is 24.2 Å². The zero-order chi connectivity index (χ0) is 37.4. The van der Waals surface area contributed by atoms with Gasteiger partial charge in [-0.1, -0.05) is 58.0 Å². The molecular formula is C40H56N2O8S. The molecule has 2 fully saturated rings. The summed E-state index contributed by atoms with van der Waals surface area (Å²) >= 11 is 0. The number of aliphatic hydroxyl groups is 2. The maximum atomic E-state index is 14.1. The van der Waals surface area contributed by atoms with E-state index < -0.39 is 38.9 Å². The lowest BCUT2D eigenvalue weighted by Crippen LogP contribution is -2.67. The van der Waals surface area contributed by atoms with Crippen LogP contribution in [0.15, 0.2) is 65.7 Å². The molecule has 0 saturated heterocycles. The molecule has 3 aromatic rings. The number of rotatable bonds is 12. The van der Waals surface area contributed by atoms with E-state index in [-0.39, 0.29) is 58.3 Å². The van der Waals surface area contributed by atoms with Gasteiger partial charge in [0.2, 0.25) is 0 Å². The topological polar surface area (TPSA) is 144 Å². The number of anilines is 1. The van der Waals surface area contributed by atoms with Crippen molar-refractivity contribution in [2.24, 2.45) is 29.6 Å². The van der Waals surface area contributed by atoms with Gasteiger partial charge in [0.15, 0.2) is 0 Å². The fourth-order valence-corrected chi connectivity index (χ4v) is 10.7. The van der Waals surface area contributed by atoms with Gasteiger partial charge in [0.1, 0.15) is 21.7 Å². The van der Waals surface area contributed by atoms with Crippen molar-refractivity contribution in [3.63, 3.8) is 0 Å². The molecule has 3 N–H and O–H groups in total. The Morgan fingerprint density at radius 1 is 1.06 bits per heavy atom. The highest BCUT2D eigenvalue weighted by Gasteiger charge is 2.66. The molecule has 0 amide bonds. The third kappa shape index (κ3) is 7.29. The second-order valence-corrected chi connectivity index (χ2v) is 17.3. The van der Waals surface area contributed by atoms with E-state index in [1.54, 1.807) is 68.9 Å². The predicted octanol–water partition coefficient (Wildman–Crippen LogP) is 6.99. The van der Waals surface area contributed by atoms with E-state index in [9.17, 15) is 23.4 Å². The Balaban J connectivity index is 1.46. The van der Waals surface area contributed by atoms with Crippen molar-refractivity contribution in [2.75, 3.05) is 18.9 Å². The molecule has 5 rings (SSSR count). The monoisotopic (exact) mass is 724 g/mol. The van der Waals surface area contributed by atoms with E-state index in [4.69, 9.17) is 14.2 Å². The van der Waals surface area contributed by atoms with Gasteiger partial charge in [-0.15, -0.1) is 0 Å². The van der Waals surface area contributed by atoms with Crippen molar-refractivity contribution in [3.05, 3.63) is 66.4 Å². The number of methoxy groups -OCH3 is 2. The van der Waals surface area contributed by atoms with Gasteiger partial charge in [-0.2, -0.15) is 0 Å². The summed E-state index contributed by atoms with van der Waals surface area (Å²) in [6.07, 6.45) is 3.88. The second kappa shape index (κ2) is 15.1. The van der Waals surface area contributed by atoms with E-state index >= 15 is 0 Å². The zero-order valence-electron chi connectivity index (χ0n) is 31.3. The first-order chi connectivity index (χ1) is 24.0. The molecule has 51 heavy (non-hydrogen) atoms. The van der Waals surface area contributed by atoms with Crippen LogP contribution in [-0.4, -0.2) is 72.8 Å². The van der Waals surface area contributed by atoms with Crippen molar-refractivity contribution < 1.29 is 37.6 Å². The Hall–Kier alpha value is -3.09. The van der Waals surface area contributed by atoms with Crippen LogP contribution in [0.3, 0.4) is 0 Å². The molecule has 0 radical (unpaired) electrons. The highest BCUT2D eigenvalue weighted by molar-refractivity contribution is 7.93. The molecule has 2 aromatic carbocycles. The van der Waals surface area contributed by atoms with E-state index in [2.05, 4.69) is 30.5 Å². The largest absolute Gasteiger partial charge is 0.455 e. The van der Waals surface area contributed by atoms with Crippen LogP contribution in [0.25, 0.3) is 10.9 Å². The van der Waals surface area contributed by atoms with E-state index in [1.807, 2.05) is 20.8 Å². The number of esters is 1. The van der Waals surface area contributed by atoms with Gasteiger partial charge in [0.05, 0.1) is 29.0 Å². The molecule has 2 aliphatic carbocycles. The number of nitrogens with one attached hydrogen (secondary N) is 1. The fourth-order valence-electron chi connectivity index (χ4n) is 9.44. The molecule has 11 heteroatoms. The van der Waals surface area contributed by atoms with Crippen molar-refractivity contribution >= 4 is 32.6 Å². The third-order valence-electron chi connectivity index (χ3n) is 12.0. The summed E-state index contributed by atoms with van der Waals surface area (Å²) in [4.78, 5) is 18.4. The molecule has 2 saturated carbocycles. The number of nitrogens with zero attached hydrogens (tertiary/aromatic N) is 1. The number of para-hydroxylation sites is 2. The number of aromatic nitrogens is 1. The molecule has 0 bridgehead atoms. The maximum absolute atomic E-state index is 14.1. The third-order valence-corrected chi connectivity index (χ3v) is 13.4. The maximum Gasteiger partial charge on any atom is 0.340 e. The van der Waals surface area contributed by atoms with E-state index in [1.165, 1.54) is 6.07 Å². The summed E-state index contributed by atoms with van der Waals surface area (Å²) < 4.78 is 48.1. The summed E-state index contributed by atoms with van der Waals surface area (Å²) in [5, 5.41) is 26.3. The van der Waals surface area contributed by atoms with Gasteiger partial charge >= 0.3 is 5.97 Å². The Kier molecular flexibility index (Phi) is 11.6. The van der Waals surface area contributed by atoms with Gasteiger partial charge in [0.25, 0.3) is 10.0 Å². The highest BCUT2D eigenvalue weighted by atomic mass is 32.2. The number of carbonyl (C=O) groups is 1. The number of hydrogen-bond donors (Lipinski definition) is 3. The Labute approximate surface area is 303 Å². The van der Waals surface area contributed by atoms with Gasteiger partial charge in [-0.05, 0) is 93.9 Å². The van der Waals surface area contributed by atoms with Gasteiger partial charge in [0, 0.05) is 38.1 Å². The first-order valence-electron chi connectivity index (χ1n) is 18.2. The molecule has 2 unspecified atom stereocenters. The van der Waals surface area contributed by atoms with Crippen LogP contribution in [0.5, 0.6) is 0 Å². The number of carbonyl (C=O) groups excluding carboxylic acids is 1. The normalized spacial score (nSPS) is 30.5. The van der Waals surface area contributed by atoms with Gasteiger partial charge < -0.3 is 24.4 Å². The van der Waals surface area contributed by atoms with Crippen molar-refractivity contribution in [2.45, 2.75) is 114 Å². The number of pyridine rings is 1. The molecule has 1 aromatic heterocycles. The predicted molar refractivity (Wildman–Crippen MR) is 198 cm³/mol. The van der Waals surface area contributed by atoms with Crippen molar-refractivity contribution in [3.8, 4) is 0 Å². The summed E-state index contributed by atoms with van der Waals surface area (Å²) in [7, 11) is -0.921. The van der Waals surface area contributed by atoms with Gasteiger partial charge in [-0.25, -0.2) is 13.2 Å². The van der Waals surface area contributed by atoms with Crippen LogP contribution in [0.2, 0.25) is 0 Å². The molecule has 10 nitrogen and oxygen atoms in total. The molecule has 9 atom stereocenters. The number of sulfonamides is 1. The number of hydrogen-bond acceptors (Lipinski definition) is 9. The summed E-state index contributed by atoms with van der Waals surface area (Å²) in [5.41, 5.74) is -3.49. The van der Waals surface area contributed by atoms with E-state index in [0.29, 0.717) is 43.0 Å². The van der Waals surface area contributed by atoms with Crippen LogP contribution in [0.4, 0.5) is 5.69 Å². The van der Waals surface area contributed by atoms with Gasteiger partial charge in [-0.3, -0.25) is 9.71 Å². The van der Waals surface area contributed by atoms with Crippen LogP contribution < -0.4 is 4.72 Å². The molecule has 2 aliphatic rings. The second-order valence-electron chi connectivity index (χ2n) is 15.6. The minimum atomic E-state index is -4.13. The Morgan fingerprint density at radius 2 is 1.76 bits per heavy atom. The molecule has 0 spiro atoms. The Morgan fingerprint density at radius 3 is 2.45 bits per heavy atom. The molecular weight excluding hydrogens is 669 g/mol. The minimum absolute atomic E-state index is 0.00374. The van der Waals surface area contributed by atoms with Crippen LogP contribution in [0.1, 0.15) is 90.4 Å². The smallest absolute Gasteiger partial charge is 0.340 e. The van der Waals surface area contributed by atoms with Crippen molar-refractivity contribution in [1.82, 2.24) is 4.98 Å². The average molecular weight is 725 g/mol. The van der Waals surface area contributed by atoms with Crippen LogP contribution in [0, 0.1) is 29.6 Å². The van der Waals surface area contributed by atoms with E-state index in [0.717, 1.165) is 0 Å². The average Bonchev–Trinajstić information content (AvgIpc) is 3.19. The quantitative estimate of drug-likeness (QED) is 0.133. The molecule has 0 aliphatic heterocycles. The minimum Gasteiger partial charge on any atom is -0.455 e. The first-order valence-corrected chi connectivity index (χ1v) is 19.7. The lowest BCUT2D eigenvalue weighted by molar-refractivity contribution is -0.252. The number of benzene rings is 2. The summed E-state index contributed by atoms with van der Waals surface area (Å²) in [5.74, 6) is -1.30. The molecule has 1 heterocycles. The lowest BCUT2D eigenvalue weighted by Gasteiger charge is -2.53. The number of ether oxygens (including phenoxy) is 3. The van der Waals surface area contributed by atoms with Crippen LogP contribution >= 0.6 is 0 Å². The zero-order valence-corrected chi connectivity index (χ0v) is 32.1. The fraction of sp³-hybridized carbons (Fsp3) is 0.600. The standard InChI is InChI=1S/C40H56N2O8S/c1-25(2)32-23-30(39(44,24-28(5)48-7)40(45)27(4)22-26(3)36(40)49-8)16-12-20-38(32,6)50-37(43)31-17-9-10-18-33(31)42-51(46,47)34-19-11-14-29-15-13-21-41-35(29)34/h9-11,13-15,17-19,21,25-28,30,32,36,42,44-45H,12,16,20,22-24H2,1-8H3/t26-,27?,28+,30+,32?,36-,38+,39-,40-/m0/s1. The SMILES string of the molecule is CO[C@H](C)C[C@](O)([C@@H]1CCC[C@@](C)(OC(=O)c2ccccc2NS(=O)(=O)c2cccc3cccnc23)C(C(C)C)C1)[C@]1(O)C(C)C[C@H](C)[C@@H]1OC. The summed E-state index contributed by atoms with van der Waals surface area (Å²) in [6, 6.07) is 14.9. The summed E-state index contributed by atoms with van der Waals surface area (Å²) in [6.45, 7) is 12.1.